The fourth-order valence-corrected chi connectivity index (χ4v) is 2.62. The summed E-state index contributed by atoms with van der Waals surface area (Å²) >= 11 is 3.46. The fraction of sp³-hybridized carbons (Fsp3) is 0.417. The predicted molar refractivity (Wildman–Crippen MR) is 83.5 cm³/mol. The molecule has 0 aliphatic heterocycles. The van der Waals surface area contributed by atoms with Gasteiger partial charge in [-0.25, -0.2) is 4.68 Å². The second-order valence-corrected chi connectivity index (χ2v) is 7.13. The lowest BCUT2D eigenvalue weighted by Crippen LogP contribution is -2.14. The number of nitrogens with zero attached hydrogens (tertiary/aromatic N) is 4. The third kappa shape index (κ3) is 3.24. The van der Waals surface area contributed by atoms with E-state index in [0.29, 0.717) is 18.1 Å². The maximum Gasteiger partial charge on any atom is 0.183 e. The summed E-state index contributed by atoms with van der Waals surface area (Å²) in [4.78, 5) is 0. The number of benzene rings is 1. The van der Waals surface area contributed by atoms with E-state index in [2.05, 4.69) is 31.5 Å². The average Bonchev–Trinajstić information content (AvgIpc) is 2.87. The number of aryl methyl sites for hydroxylation is 1. The molecule has 1 aromatic carbocycles. The molecule has 0 amide bonds. The topological polar surface area (TPSA) is 86.7 Å². The molecular formula is C12H16BrN5OS. The highest BCUT2D eigenvalue weighted by Gasteiger charge is 2.15. The van der Waals surface area contributed by atoms with Gasteiger partial charge in [-0.3, -0.25) is 4.21 Å². The summed E-state index contributed by atoms with van der Waals surface area (Å²) in [6.45, 7) is 2.57. The Morgan fingerprint density at radius 3 is 2.95 bits per heavy atom. The van der Waals surface area contributed by atoms with E-state index in [-0.39, 0.29) is 5.25 Å². The molecule has 6 nitrogen and oxygen atoms in total. The highest BCUT2D eigenvalue weighted by molar-refractivity contribution is 9.10. The molecule has 8 heteroatoms. The Kier molecular flexibility index (Phi) is 4.87. The first-order valence-electron chi connectivity index (χ1n) is 6.13. The number of hydrogen-bond donors (Lipinski definition) is 1. The first-order valence-corrected chi connectivity index (χ1v) is 8.55. The fourth-order valence-electron chi connectivity index (χ4n) is 1.74. The number of rotatable bonds is 5. The zero-order valence-electron chi connectivity index (χ0n) is 11.3. The summed E-state index contributed by atoms with van der Waals surface area (Å²) in [5, 5.41) is 11.9. The minimum atomic E-state index is -0.842. The molecule has 1 heterocycles. The molecular weight excluding hydrogens is 342 g/mol. The van der Waals surface area contributed by atoms with Gasteiger partial charge in [0, 0.05) is 40.1 Å². The Hall–Kier alpha value is -1.28. The SMILES string of the molecule is CC(CCn1nnnc1-c1cccc(N)c1Br)S(C)=O. The number of aromatic nitrogens is 4. The van der Waals surface area contributed by atoms with Gasteiger partial charge in [-0.2, -0.15) is 0 Å². The first kappa shape index (κ1) is 15.1. The van der Waals surface area contributed by atoms with Crippen LogP contribution in [0.2, 0.25) is 0 Å². The van der Waals surface area contributed by atoms with Crippen LogP contribution in [0.1, 0.15) is 13.3 Å². The van der Waals surface area contributed by atoms with Crippen molar-refractivity contribution in [2.75, 3.05) is 12.0 Å². The molecule has 0 aliphatic rings. The van der Waals surface area contributed by atoms with Crippen molar-refractivity contribution in [1.82, 2.24) is 20.2 Å². The molecule has 0 radical (unpaired) electrons. The van der Waals surface area contributed by atoms with Gasteiger partial charge in [0.1, 0.15) is 0 Å². The van der Waals surface area contributed by atoms with Crippen LogP contribution < -0.4 is 5.73 Å². The van der Waals surface area contributed by atoms with Gasteiger partial charge in [-0.15, -0.1) is 5.10 Å². The van der Waals surface area contributed by atoms with Crippen molar-refractivity contribution < 1.29 is 4.21 Å². The van der Waals surface area contributed by atoms with Gasteiger partial charge < -0.3 is 5.73 Å². The molecule has 0 spiro atoms. The normalized spacial score (nSPS) is 14.2. The number of nitrogen functional groups attached to an aromatic ring is 1. The minimum Gasteiger partial charge on any atom is -0.398 e. The molecule has 2 N–H and O–H groups in total. The third-order valence-corrected chi connectivity index (χ3v) is 5.37. The molecule has 0 aliphatic carbocycles. The minimum absolute atomic E-state index is 0.108. The van der Waals surface area contributed by atoms with Crippen LogP contribution in [-0.2, 0) is 17.3 Å². The van der Waals surface area contributed by atoms with Crippen molar-refractivity contribution in [1.29, 1.82) is 0 Å². The van der Waals surface area contributed by atoms with Crippen molar-refractivity contribution in [3.8, 4) is 11.4 Å². The van der Waals surface area contributed by atoms with E-state index in [1.165, 1.54) is 0 Å². The van der Waals surface area contributed by atoms with E-state index in [9.17, 15) is 4.21 Å². The van der Waals surface area contributed by atoms with E-state index in [0.717, 1.165) is 16.5 Å². The zero-order valence-corrected chi connectivity index (χ0v) is 13.7. The molecule has 2 aromatic rings. The standard InChI is InChI=1S/C12H16BrN5OS/c1-8(20(2)19)6-7-18-12(15-16-17-18)9-4-3-5-10(14)11(9)13/h3-5,8H,6-7,14H2,1-2H3. The highest BCUT2D eigenvalue weighted by atomic mass is 79.9. The van der Waals surface area contributed by atoms with Crippen molar-refractivity contribution in [3.63, 3.8) is 0 Å². The van der Waals surface area contributed by atoms with Crippen LogP contribution in [0, 0.1) is 0 Å². The molecule has 0 bridgehead atoms. The van der Waals surface area contributed by atoms with E-state index in [4.69, 9.17) is 5.73 Å². The third-order valence-electron chi connectivity index (χ3n) is 3.12. The van der Waals surface area contributed by atoms with Crippen LogP contribution in [0.3, 0.4) is 0 Å². The van der Waals surface area contributed by atoms with Gasteiger partial charge in [0.15, 0.2) is 5.82 Å². The lowest BCUT2D eigenvalue weighted by atomic mass is 10.2. The lowest BCUT2D eigenvalue weighted by Gasteiger charge is -2.10. The summed E-state index contributed by atoms with van der Waals surface area (Å²) in [5.74, 6) is 0.651. The van der Waals surface area contributed by atoms with Crippen LogP contribution >= 0.6 is 15.9 Å². The molecule has 20 heavy (non-hydrogen) atoms. The van der Waals surface area contributed by atoms with Gasteiger partial charge in [0.25, 0.3) is 0 Å². The van der Waals surface area contributed by atoms with Crippen molar-refractivity contribution in [3.05, 3.63) is 22.7 Å². The molecule has 2 atom stereocenters. The number of anilines is 1. The van der Waals surface area contributed by atoms with Crippen LogP contribution in [-0.4, -0.2) is 35.9 Å². The van der Waals surface area contributed by atoms with Crippen LogP contribution in [0.15, 0.2) is 22.7 Å². The summed E-state index contributed by atoms with van der Waals surface area (Å²) < 4.78 is 13.9. The molecule has 1 aromatic heterocycles. The first-order chi connectivity index (χ1) is 9.50. The molecule has 108 valence electrons. The van der Waals surface area contributed by atoms with Crippen molar-refractivity contribution in [2.45, 2.75) is 25.1 Å². The predicted octanol–water partition coefficient (Wildman–Crippen LogP) is 1.84. The summed E-state index contributed by atoms with van der Waals surface area (Å²) in [7, 11) is -0.842. The molecule has 2 rings (SSSR count). The summed E-state index contributed by atoms with van der Waals surface area (Å²) in [5.41, 5.74) is 7.36. The van der Waals surface area contributed by atoms with Gasteiger partial charge in [-0.1, -0.05) is 13.0 Å². The van der Waals surface area contributed by atoms with Crippen LogP contribution in [0.5, 0.6) is 0 Å². The summed E-state index contributed by atoms with van der Waals surface area (Å²) in [6.07, 6.45) is 2.46. The Labute approximate surface area is 128 Å². The largest absolute Gasteiger partial charge is 0.398 e. The number of tetrazole rings is 1. The Balaban J connectivity index is 2.25. The number of halogens is 1. The lowest BCUT2D eigenvalue weighted by molar-refractivity contribution is 0.556. The van der Waals surface area contributed by atoms with Gasteiger partial charge in [0.2, 0.25) is 0 Å². The van der Waals surface area contributed by atoms with Crippen molar-refractivity contribution >= 4 is 32.4 Å². The Morgan fingerprint density at radius 2 is 2.25 bits per heavy atom. The van der Waals surface area contributed by atoms with Gasteiger partial charge >= 0.3 is 0 Å². The van der Waals surface area contributed by atoms with E-state index in [1.807, 2.05) is 25.1 Å². The maximum atomic E-state index is 11.4. The maximum absolute atomic E-state index is 11.4. The van der Waals surface area contributed by atoms with Crippen LogP contribution in [0.25, 0.3) is 11.4 Å². The Bertz CT molecular complexity index is 630. The van der Waals surface area contributed by atoms with E-state index < -0.39 is 10.8 Å². The quantitative estimate of drug-likeness (QED) is 0.825. The number of hydrogen-bond acceptors (Lipinski definition) is 5. The number of nitrogens with two attached hydrogens (primary N) is 1. The molecule has 0 saturated heterocycles. The summed E-state index contributed by atoms with van der Waals surface area (Å²) in [6, 6.07) is 5.58. The van der Waals surface area contributed by atoms with E-state index in [1.54, 1.807) is 10.9 Å². The molecule has 0 saturated carbocycles. The van der Waals surface area contributed by atoms with Gasteiger partial charge in [0.05, 0.1) is 4.47 Å². The smallest absolute Gasteiger partial charge is 0.183 e. The zero-order chi connectivity index (χ0) is 14.7. The van der Waals surface area contributed by atoms with Crippen LogP contribution in [0.4, 0.5) is 5.69 Å². The average molecular weight is 358 g/mol. The Morgan fingerprint density at radius 1 is 1.50 bits per heavy atom. The van der Waals surface area contributed by atoms with Crippen molar-refractivity contribution in [2.24, 2.45) is 0 Å². The van der Waals surface area contributed by atoms with E-state index >= 15 is 0 Å². The molecule has 0 fully saturated rings. The second kappa shape index (κ2) is 6.45. The second-order valence-electron chi connectivity index (χ2n) is 4.53. The molecule has 2 unspecified atom stereocenters. The monoisotopic (exact) mass is 357 g/mol. The highest BCUT2D eigenvalue weighted by Crippen LogP contribution is 2.30. The van der Waals surface area contributed by atoms with Gasteiger partial charge in [-0.05, 0) is 44.9 Å².